The van der Waals surface area contributed by atoms with Crippen molar-refractivity contribution < 1.29 is 19.4 Å². The molecule has 4 rings (SSSR count). The summed E-state index contributed by atoms with van der Waals surface area (Å²) in [5.41, 5.74) is 2.97. The minimum atomic E-state index is -0.836. The van der Waals surface area contributed by atoms with Crippen molar-refractivity contribution in [2.75, 3.05) is 11.5 Å². The third kappa shape index (κ3) is 4.46. The van der Waals surface area contributed by atoms with Gasteiger partial charge in [-0.2, -0.15) is 0 Å². The number of amides is 1. The Morgan fingerprint density at radius 1 is 1.09 bits per heavy atom. The van der Waals surface area contributed by atoms with Crippen LogP contribution in [-0.2, 0) is 9.59 Å². The lowest BCUT2D eigenvalue weighted by atomic mass is 9.93. The molecule has 1 aliphatic heterocycles. The number of hydrogen-bond acceptors (Lipinski definition) is 7. The van der Waals surface area contributed by atoms with E-state index in [2.05, 4.69) is 17.1 Å². The van der Waals surface area contributed by atoms with Gasteiger partial charge in [-0.1, -0.05) is 54.5 Å². The fraction of sp³-hybridized carbons (Fsp3) is 0.308. The van der Waals surface area contributed by atoms with Crippen LogP contribution in [0.3, 0.4) is 0 Å². The number of ether oxygens (including phenoxy) is 1. The molecule has 0 spiro atoms. The third-order valence-electron chi connectivity index (χ3n) is 5.78. The molecule has 7 nitrogen and oxygen atoms in total. The number of carbonyl (C=O) groups is 2. The molecule has 3 aromatic rings. The molecule has 1 aromatic heterocycles. The highest BCUT2D eigenvalue weighted by Crippen LogP contribution is 2.43. The predicted octanol–water partition coefficient (Wildman–Crippen LogP) is 5.27. The van der Waals surface area contributed by atoms with Gasteiger partial charge in [-0.3, -0.25) is 14.5 Å². The second-order valence-electron chi connectivity index (χ2n) is 8.36. The number of aliphatic hydroxyl groups is 1. The Kier molecular flexibility index (Phi) is 6.79. The highest BCUT2D eigenvalue weighted by molar-refractivity contribution is 7.15. The molecule has 2 aromatic carbocycles. The number of hydrogen-bond donors (Lipinski definition) is 1. The molecule has 0 radical (unpaired) electrons. The molecule has 1 aliphatic rings. The van der Waals surface area contributed by atoms with Gasteiger partial charge in [0.25, 0.3) is 5.78 Å². The van der Waals surface area contributed by atoms with E-state index in [-0.39, 0.29) is 11.3 Å². The zero-order chi connectivity index (χ0) is 24.4. The fourth-order valence-electron chi connectivity index (χ4n) is 3.95. The number of Topliss-reactive ketones (excluding diaryl/α,β-unsaturated/α-hetero) is 1. The Balaban J connectivity index is 1.85. The second kappa shape index (κ2) is 9.77. The third-order valence-corrected chi connectivity index (χ3v) is 6.61. The summed E-state index contributed by atoms with van der Waals surface area (Å²) in [6, 6.07) is 12.1. The summed E-state index contributed by atoms with van der Waals surface area (Å²) in [6.07, 6.45) is 1.99. The van der Waals surface area contributed by atoms with Crippen LogP contribution in [0.1, 0.15) is 53.1 Å². The number of aromatic nitrogens is 2. The van der Waals surface area contributed by atoms with Crippen molar-refractivity contribution >= 4 is 33.9 Å². The average Bonchev–Trinajstić information content (AvgIpc) is 3.36. The van der Waals surface area contributed by atoms with Crippen molar-refractivity contribution in [1.82, 2.24) is 10.2 Å². The Morgan fingerprint density at radius 2 is 1.82 bits per heavy atom. The van der Waals surface area contributed by atoms with E-state index in [0.717, 1.165) is 24.0 Å². The predicted molar refractivity (Wildman–Crippen MR) is 132 cm³/mol. The van der Waals surface area contributed by atoms with Crippen LogP contribution < -0.4 is 9.64 Å². The van der Waals surface area contributed by atoms with E-state index in [1.807, 2.05) is 56.3 Å². The minimum absolute atomic E-state index is 0.0335. The maximum absolute atomic E-state index is 13.3. The zero-order valence-corrected chi connectivity index (χ0v) is 20.5. The summed E-state index contributed by atoms with van der Waals surface area (Å²) >= 11 is 1.22. The van der Waals surface area contributed by atoms with E-state index in [9.17, 15) is 14.7 Å². The summed E-state index contributed by atoms with van der Waals surface area (Å²) in [7, 11) is 0. The summed E-state index contributed by atoms with van der Waals surface area (Å²) in [5, 5.41) is 20.5. The summed E-state index contributed by atoms with van der Waals surface area (Å²) in [4.78, 5) is 27.8. The largest absolute Gasteiger partial charge is 0.507 e. The molecule has 2 heterocycles. The van der Waals surface area contributed by atoms with Gasteiger partial charge in [0.15, 0.2) is 0 Å². The molecule has 1 saturated heterocycles. The summed E-state index contributed by atoms with van der Waals surface area (Å²) < 4.78 is 5.76. The van der Waals surface area contributed by atoms with E-state index in [0.29, 0.717) is 33.6 Å². The molecule has 1 unspecified atom stereocenters. The molecule has 8 heteroatoms. The zero-order valence-electron chi connectivity index (χ0n) is 19.7. The first-order valence-electron chi connectivity index (χ1n) is 11.2. The van der Waals surface area contributed by atoms with E-state index >= 15 is 0 Å². The molecule has 1 amide bonds. The molecule has 34 heavy (non-hydrogen) atoms. The summed E-state index contributed by atoms with van der Waals surface area (Å²) in [6.45, 7) is 8.26. The van der Waals surface area contributed by atoms with Gasteiger partial charge >= 0.3 is 5.91 Å². The Morgan fingerprint density at radius 3 is 2.47 bits per heavy atom. The highest BCUT2D eigenvalue weighted by Gasteiger charge is 2.48. The van der Waals surface area contributed by atoms with Gasteiger partial charge in [0.05, 0.1) is 18.2 Å². The molecule has 0 bridgehead atoms. The van der Waals surface area contributed by atoms with Gasteiger partial charge in [0.2, 0.25) is 5.13 Å². The van der Waals surface area contributed by atoms with Crippen molar-refractivity contribution in [2.45, 2.75) is 46.6 Å². The van der Waals surface area contributed by atoms with Crippen LogP contribution in [0, 0.1) is 20.8 Å². The number of rotatable bonds is 7. The number of unbranched alkanes of at least 4 members (excludes halogenated alkanes) is 1. The van der Waals surface area contributed by atoms with Crippen LogP contribution in [-0.4, -0.2) is 33.6 Å². The lowest BCUT2D eigenvalue weighted by molar-refractivity contribution is -0.132. The van der Waals surface area contributed by atoms with Crippen LogP contribution in [0.5, 0.6) is 5.75 Å². The molecule has 1 N–H and O–H groups in total. The van der Waals surface area contributed by atoms with Gasteiger partial charge in [0.1, 0.15) is 16.5 Å². The van der Waals surface area contributed by atoms with Gasteiger partial charge in [-0.25, -0.2) is 0 Å². The first kappa shape index (κ1) is 23.6. The quantitative estimate of drug-likeness (QED) is 0.216. The molecule has 1 atom stereocenters. The Hall–Kier alpha value is -3.52. The Labute approximate surface area is 202 Å². The number of benzene rings is 2. The van der Waals surface area contributed by atoms with Crippen LogP contribution >= 0.6 is 11.3 Å². The molecule has 0 aliphatic carbocycles. The smallest absolute Gasteiger partial charge is 0.301 e. The lowest BCUT2D eigenvalue weighted by Gasteiger charge is -2.23. The van der Waals surface area contributed by atoms with E-state index in [1.54, 1.807) is 6.92 Å². The number of ketones is 1. The van der Waals surface area contributed by atoms with Crippen molar-refractivity contribution in [1.29, 1.82) is 0 Å². The van der Waals surface area contributed by atoms with Crippen LogP contribution in [0.25, 0.3) is 5.76 Å². The van der Waals surface area contributed by atoms with Crippen molar-refractivity contribution in [3.8, 4) is 5.75 Å². The maximum atomic E-state index is 13.3. The lowest BCUT2D eigenvalue weighted by Crippen LogP contribution is -2.29. The Bertz CT molecular complexity index is 1260. The number of nitrogens with zero attached hydrogens (tertiary/aromatic N) is 3. The monoisotopic (exact) mass is 477 g/mol. The average molecular weight is 478 g/mol. The minimum Gasteiger partial charge on any atom is -0.507 e. The number of aliphatic hydroxyl groups excluding tert-OH is 1. The van der Waals surface area contributed by atoms with Crippen LogP contribution in [0.15, 0.2) is 48.0 Å². The fourth-order valence-corrected chi connectivity index (χ4v) is 4.66. The topological polar surface area (TPSA) is 92.6 Å². The molecular weight excluding hydrogens is 450 g/mol. The number of aryl methyl sites for hydroxylation is 3. The first-order valence-corrected chi connectivity index (χ1v) is 12.0. The van der Waals surface area contributed by atoms with Crippen LogP contribution in [0.2, 0.25) is 0 Å². The first-order chi connectivity index (χ1) is 16.3. The number of carbonyl (C=O) groups excluding carboxylic acids is 2. The second-order valence-corrected chi connectivity index (χ2v) is 9.52. The van der Waals surface area contributed by atoms with Crippen molar-refractivity contribution in [3.63, 3.8) is 0 Å². The molecular formula is C26H27N3O4S. The number of anilines is 1. The van der Waals surface area contributed by atoms with Crippen molar-refractivity contribution in [2.24, 2.45) is 0 Å². The van der Waals surface area contributed by atoms with E-state index < -0.39 is 17.7 Å². The molecule has 176 valence electrons. The van der Waals surface area contributed by atoms with E-state index in [1.165, 1.54) is 16.2 Å². The highest BCUT2D eigenvalue weighted by atomic mass is 32.1. The van der Waals surface area contributed by atoms with Crippen molar-refractivity contribution in [3.05, 3.63) is 75.3 Å². The van der Waals surface area contributed by atoms with Gasteiger partial charge in [-0.05, 0) is 56.5 Å². The molecule has 1 fully saturated rings. The van der Waals surface area contributed by atoms with Gasteiger partial charge in [-0.15, -0.1) is 10.2 Å². The van der Waals surface area contributed by atoms with Gasteiger partial charge < -0.3 is 9.84 Å². The van der Waals surface area contributed by atoms with Crippen LogP contribution in [0.4, 0.5) is 5.13 Å². The SMILES string of the molecule is CCCCOc1ccc(C2/C(=C(\O)c3cc(C)ccc3C)C(=O)C(=O)N2c2nnc(C)s2)cc1. The normalized spacial score (nSPS) is 17.4. The standard InChI is InChI=1S/C26H27N3O4S/c1-5-6-13-33-19-11-9-18(10-12-19)22-21(23(30)20-14-15(2)7-8-16(20)3)24(31)25(32)29(22)26-28-27-17(4)34-26/h7-12,14,22,30H,5-6,13H2,1-4H3/b23-21+. The maximum Gasteiger partial charge on any atom is 0.301 e. The van der Waals surface area contributed by atoms with E-state index in [4.69, 9.17) is 4.74 Å². The summed E-state index contributed by atoms with van der Waals surface area (Å²) in [5.74, 6) is -0.984. The molecule has 0 saturated carbocycles. The van der Waals surface area contributed by atoms with Gasteiger partial charge in [0, 0.05) is 5.56 Å².